The molecule has 0 aliphatic heterocycles. The molecule has 34 heavy (non-hydrogen) atoms. The van der Waals surface area contributed by atoms with E-state index >= 15 is 0 Å². The molecule has 0 bridgehead atoms. The monoisotopic (exact) mass is 457 g/mol. The molecule has 2 aromatic carbocycles. The van der Waals surface area contributed by atoms with Crippen LogP contribution in [0.2, 0.25) is 0 Å². The van der Waals surface area contributed by atoms with Gasteiger partial charge in [-0.3, -0.25) is 18.8 Å². The fourth-order valence-corrected chi connectivity index (χ4v) is 4.08. The molecule has 2 aromatic heterocycles. The molecule has 0 spiro atoms. The summed E-state index contributed by atoms with van der Waals surface area (Å²) in [5, 5.41) is 9.93. The molecule has 4 aromatic rings. The molecule has 0 aliphatic rings. The van der Waals surface area contributed by atoms with Gasteiger partial charge >= 0.3 is 0 Å². The van der Waals surface area contributed by atoms with Crippen molar-refractivity contribution in [1.29, 1.82) is 0 Å². The maximum atomic E-state index is 13.2. The second kappa shape index (κ2) is 9.35. The van der Waals surface area contributed by atoms with Crippen LogP contribution >= 0.6 is 0 Å². The molecule has 0 unspecified atom stereocenters. The summed E-state index contributed by atoms with van der Waals surface area (Å²) in [4.78, 5) is 38.8. The molecule has 0 radical (unpaired) electrons. The second-order valence-electron chi connectivity index (χ2n) is 8.36. The zero-order valence-electron chi connectivity index (χ0n) is 19.7. The van der Waals surface area contributed by atoms with Crippen LogP contribution in [0.15, 0.2) is 59.7 Å². The topological polar surface area (TPSA) is 97.5 Å². The van der Waals surface area contributed by atoms with Gasteiger partial charge in [0.25, 0.3) is 11.5 Å². The van der Waals surface area contributed by atoms with E-state index in [0.29, 0.717) is 34.6 Å². The van der Waals surface area contributed by atoms with Crippen LogP contribution in [0, 0.1) is 27.7 Å². The Morgan fingerprint density at radius 3 is 2.41 bits per heavy atom. The number of rotatable bonds is 6. The Morgan fingerprint density at radius 1 is 0.941 bits per heavy atom. The zero-order chi connectivity index (χ0) is 24.4. The average Bonchev–Trinajstić information content (AvgIpc) is 3.08. The quantitative estimate of drug-likeness (QED) is 0.464. The van der Waals surface area contributed by atoms with Gasteiger partial charge in [0.15, 0.2) is 0 Å². The first-order valence-electron chi connectivity index (χ1n) is 11.0. The van der Waals surface area contributed by atoms with Crippen LogP contribution in [0.25, 0.3) is 5.52 Å². The molecule has 2 N–H and O–H groups in total. The van der Waals surface area contributed by atoms with Gasteiger partial charge in [-0.2, -0.15) is 5.10 Å². The third kappa shape index (κ3) is 4.34. The van der Waals surface area contributed by atoms with Gasteiger partial charge in [-0.25, -0.2) is 4.68 Å². The third-order valence-electron chi connectivity index (χ3n) is 6.13. The van der Waals surface area contributed by atoms with Crippen LogP contribution in [0.5, 0.6) is 0 Å². The van der Waals surface area contributed by atoms with E-state index in [1.165, 1.54) is 6.33 Å². The van der Waals surface area contributed by atoms with Gasteiger partial charge in [-0.1, -0.05) is 42.5 Å². The van der Waals surface area contributed by atoms with Crippen molar-refractivity contribution in [3.63, 3.8) is 0 Å². The summed E-state index contributed by atoms with van der Waals surface area (Å²) in [5.41, 5.74) is 5.22. The number of aromatic nitrogens is 3. The van der Waals surface area contributed by atoms with Crippen LogP contribution < -0.4 is 16.2 Å². The molecule has 0 saturated heterocycles. The van der Waals surface area contributed by atoms with Gasteiger partial charge in [-0.15, -0.1) is 0 Å². The summed E-state index contributed by atoms with van der Waals surface area (Å²) in [7, 11) is 0. The molecule has 0 saturated carbocycles. The van der Waals surface area contributed by atoms with E-state index < -0.39 is 5.56 Å². The van der Waals surface area contributed by atoms with E-state index in [9.17, 15) is 14.4 Å². The number of carbonyl (C=O) groups excluding carboxylic acids is 2. The number of aryl methyl sites for hydroxylation is 3. The molecule has 0 fully saturated rings. The highest BCUT2D eigenvalue weighted by atomic mass is 16.2. The first-order chi connectivity index (χ1) is 16.3. The minimum absolute atomic E-state index is 0.234. The number of hydrogen-bond acceptors (Lipinski definition) is 4. The van der Waals surface area contributed by atoms with Crippen LogP contribution in [0.3, 0.4) is 0 Å². The van der Waals surface area contributed by atoms with E-state index in [4.69, 9.17) is 0 Å². The number of amides is 2. The van der Waals surface area contributed by atoms with Gasteiger partial charge in [-0.05, 0) is 56.0 Å². The Morgan fingerprint density at radius 2 is 1.68 bits per heavy atom. The van der Waals surface area contributed by atoms with Gasteiger partial charge in [0.1, 0.15) is 18.4 Å². The highest BCUT2D eigenvalue weighted by Gasteiger charge is 2.22. The lowest BCUT2D eigenvalue weighted by Gasteiger charge is -2.11. The van der Waals surface area contributed by atoms with Gasteiger partial charge in [0, 0.05) is 17.9 Å². The molecule has 0 aliphatic carbocycles. The van der Waals surface area contributed by atoms with E-state index in [0.717, 1.165) is 21.4 Å². The molecule has 8 heteroatoms. The summed E-state index contributed by atoms with van der Waals surface area (Å²) in [6.45, 7) is 7.56. The fraction of sp³-hybridized carbons (Fsp3) is 0.231. The van der Waals surface area contributed by atoms with Gasteiger partial charge < -0.3 is 10.6 Å². The van der Waals surface area contributed by atoms with Crippen molar-refractivity contribution >= 4 is 23.0 Å². The molecule has 174 valence electrons. The van der Waals surface area contributed by atoms with Crippen molar-refractivity contribution in [2.24, 2.45) is 0 Å². The van der Waals surface area contributed by atoms with Crippen molar-refractivity contribution in [2.45, 2.75) is 40.8 Å². The van der Waals surface area contributed by atoms with Crippen molar-refractivity contribution in [3.8, 4) is 0 Å². The normalized spacial score (nSPS) is 10.9. The third-order valence-corrected chi connectivity index (χ3v) is 6.13. The molecule has 0 atom stereocenters. The largest absolute Gasteiger partial charge is 0.348 e. The average molecular weight is 458 g/mol. The maximum Gasteiger partial charge on any atom is 0.291 e. The van der Waals surface area contributed by atoms with Crippen molar-refractivity contribution in [3.05, 3.63) is 98.7 Å². The summed E-state index contributed by atoms with van der Waals surface area (Å²) in [6, 6.07) is 15.3. The number of hydrogen-bond donors (Lipinski definition) is 2. The lowest BCUT2D eigenvalue weighted by Crippen LogP contribution is -2.31. The Kier molecular flexibility index (Phi) is 6.32. The SMILES string of the molecule is Cc1cccc(NC(=O)Cn2ncn3c(C)c(C(=O)NCc4ccccc4)c(C)c3c2=O)c1C. The predicted molar refractivity (Wildman–Crippen MR) is 131 cm³/mol. The van der Waals surface area contributed by atoms with Crippen LogP contribution in [0.1, 0.15) is 38.3 Å². The first-order valence-corrected chi connectivity index (χ1v) is 11.0. The highest BCUT2D eigenvalue weighted by molar-refractivity contribution is 5.99. The van der Waals surface area contributed by atoms with Crippen molar-refractivity contribution < 1.29 is 9.59 Å². The standard InChI is InChI=1S/C26H27N5O3/c1-16-9-8-12-21(17(16)2)29-22(32)14-31-26(34)24-18(3)23(19(4)30(24)15-28-31)25(33)27-13-20-10-6-5-7-11-20/h5-12,15H,13-14H2,1-4H3,(H,27,33)(H,29,32). The summed E-state index contributed by atoms with van der Waals surface area (Å²) in [6.07, 6.45) is 1.47. The minimum atomic E-state index is -0.429. The molecular formula is C26H27N5O3. The van der Waals surface area contributed by atoms with Crippen LogP contribution in [-0.2, 0) is 17.9 Å². The molecule has 2 amide bonds. The summed E-state index contributed by atoms with van der Waals surface area (Å²) in [5.74, 6) is -0.615. The van der Waals surface area contributed by atoms with E-state index in [1.54, 1.807) is 18.2 Å². The first kappa shape index (κ1) is 23.0. The number of nitrogens with one attached hydrogen (secondary N) is 2. The molecule has 2 heterocycles. The minimum Gasteiger partial charge on any atom is -0.348 e. The van der Waals surface area contributed by atoms with Crippen LogP contribution in [0.4, 0.5) is 5.69 Å². The zero-order valence-corrected chi connectivity index (χ0v) is 19.7. The number of fused-ring (bicyclic) bond motifs is 1. The summed E-state index contributed by atoms with van der Waals surface area (Å²) >= 11 is 0. The number of benzene rings is 2. The Balaban J connectivity index is 1.59. The second-order valence-corrected chi connectivity index (χ2v) is 8.36. The lowest BCUT2D eigenvalue weighted by molar-refractivity contribution is -0.117. The van der Waals surface area contributed by atoms with Crippen molar-refractivity contribution in [2.75, 3.05) is 5.32 Å². The maximum absolute atomic E-state index is 13.2. The number of anilines is 1. The predicted octanol–water partition coefficient (Wildman–Crippen LogP) is 3.30. The van der Waals surface area contributed by atoms with E-state index in [-0.39, 0.29) is 18.4 Å². The Hall–Kier alpha value is -4.20. The van der Waals surface area contributed by atoms with E-state index in [2.05, 4.69) is 15.7 Å². The number of carbonyl (C=O) groups is 2. The smallest absolute Gasteiger partial charge is 0.291 e. The summed E-state index contributed by atoms with van der Waals surface area (Å²) < 4.78 is 2.72. The number of nitrogens with zero attached hydrogens (tertiary/aromatic N) is 3. The molecule has 8 nitrogen and oxygen atoms in total. The Labute approximate surface area is 197 Å². The van der Waals surface area contributed by atoms with Gasteiger partial charge in [0.2, 0.25) is 5.91 Å². The fourth-order valence-electron chi connectivity index (χ4n) is 4.08. The van der Waals surface area contributed by atoms with E-state index in [1.807, 2.05) is 62.4 Å². The Bertz CT molecular complexity index is 1450. The van der Waals surface area contributed by atoms with Gasteiger partial charge in [0.05, 0.1) is 5.56 Å². The van der Waals surface area contributed by atoms with Crippen LogP contribution in [-0.4, -0.2) is 26.0 Å². The molecular weight excluding hydrogens is 430 g/mol. The van der Waals surface area contributed by atoms with Crippen molar-refractivity contribution in [1.82, 2.24) is 19.5 Å². The molecule has 4 rings (SSSR count). The highest BCUT2D eigenvalue weighted by Crippen LogP contribution is 2.20. The lowest BCUT2D eigenvalue weighted by atomic mass is 10.1.